The number of hydrogen-bond acceptors (Lipinski definition) is 3. The number of anilines is 1. The maximum Gasteiger partial charge on any atom is 0.416 e. The van der Waals surface area contributed by atoms with Crippen LogP contribution in [0.4, 0.5) is 28.0 Å². The number of aromatic nitrogens is 2. The van der Waals surface area contributed by atoms with Crippen LogP contribution in [0.2, 0.25) is 0 Å². The van der Waals surface area contributed by atoms with Crippen molar-refractivity contribution in [3.05, 3.63) is 81.5 Å². The first kappa shape index (κ1) is 20.6. The van der Waals surface area contributed by atoms with Gasteiger partial charge in [0.05, 0.1) is 17.8 Å². The first-order valence-electron chi connectivity index (χ1n) is 9.32. The largest absolute Gasteiger partial charge is 0.416 e. The molecule has 3 aromatic rings. The Labute approximate surface area is 173 Å². The summed E-state index contributed by atoms with van der Waals surface area (Å²) < 4.78 is 51.2. The van der Waals surface area contributed by atoms with E-state index in [2.05, 4.69) is 15.3 Å². The third-order valence-electron chi connectivity index (χ3n) is 4.94. The monoisotopic (exact) mass is 432 g/mol. The summed E-state index contributed by atoms with van der Waals surface area (Å²) >= 11 is 0. The van der Waals surface area contributed by atoms with Crippen LogP contribution in [0, 0.1) is 5.82 Å². The van der Waals surface area contributed by atoms with Crippen molar-refractivity contribution in [1.29, 1.82) is 0 Å². The number of halogens is 4. The van der Waals surface area contributed by atoms with E-state index in [0.717, 1.165) is 12.1 Å². The minimum Gasteiger partial charge on any atom is -0.318 e. The van der Waals surface area contributed by atoms with E-state index in [0.29, 0.717) is 16.8 Å². The zero-order valence-corrected chi connectivity index (χ0v) is 16.0. The van der Waals surface area contributed by atoms with Crippen LogP contribution in [-0.4, -0.2) is 27.4 Å². The van der Waals surface area contributed by atoms with Crippen molar-refractivity contribution >= 4 is 11.7 Å². The van der Waals surface area contributed by atoms with Crippen molar-refractivity contribution in [3.8, 4) is 11.4 Å². The minimum atomic E-state index is -4.46. The molecule has 0 unspecified atom stereocenters. The fraction of sp³-hybridized carbons (Fsp3) is 0.190. The third kappa shape index (κ3) is 4.42. The number of urea groups is 1. The number of benzene rings is 2. The second-order valence-electron chi connectivity index (χ2n) is 7.02. The summed E-state index contributed by atoms with van der Waals surface area (Å²) in [7, 11) is 0. The smallest absolute Gasteiger partial charge is 0.318 e. The molecule has 0 radical (unpaired) electrons. The predicted molar refractivity (Wildman–Crippen MR) is 105 cm³/mol. The molecule has 1 aliphatic heterocycles. The number of carbonyl (C=O) groups excluding carboxylic acids is 1. The quantitative estimate of drug-likeness (QED) is 0.597. The van der Waals surface area contributed by atoms with Gasteiger partial charge in [0.15, 0.2) is 0 Å². The molecule has 2 aromatic carbocycles. The van der Waals surface area contributed by atoms with Crippen molar-refractivity contribution < 1.29 is 22.4 Å². The number of nitrogens with zero attached hydrogens (tertiary/aromatic N) is 2. The number of nitrogens with one attached hydrogen (secondary N) is 2. The molecule has 2 amide bonds. The average molecular weight is 432 g/mol. The summed E-state index contributed by atoms with van der Waals surface area (Å²) in [6.07, 6.45) is -4.18. The number of hydrogen-bond donors (Lipinski definition) is 2. The molecule has 0 saturated carbocycles. The Hall–Kier alpha value is -3.69. The first-order chi connectivity index (χ1) is 14.7. The first-order valence-corrected chi connectivity index (χ1v) is 9.32. The van der Waals surface area contributed by atoms with Crippen LogP contribution < -0.4 is 10.9 Å². The van der Waals surface area contributed by atoms with E-state index in [-0.39, 0.29) is 36.6 Å². The molecule has 0 spiro atoms. The lowest BCUT2D eigenvalue weighted by atomic mass is 10.1. The summed E-state index contributed by atoms with van der Waals surface area (Å²) in [6.45, 7) is 0.306. The summed E-state index contributed by atoms with van der Waals surface area (Å²) in [5.41, 5.74) is 0.477. The van der Waals surface area contributed by atoms with Gasteiger partial charge in [-0.15, -0.1) is 0 Å². The van der Waals surface area contributed by atoms with Gasteiger partial charge in [-0.2, -0.15) is 13.2 Å². The molecule has 0 bridgehead atoms. The number of carbonyl (C=O) groups is 1. The molecular formula is C21H16F4N4O2. The van der Waals surface area contributed by atoms with Crippen molar-refractivity contribution in [2.75, 3.05) is 11.9 Å². The normalized spacial score (nSPS) is 13.6. The molecule has 160 valence electrons. The Morgan fingerprint density at radius 2 is 1.74 bits per heavy atom. The van der Waals surface area contributed by atoms with Gasteiger partial charge in [0.2, 0.25) is 0 Å². The Balaban J connectivity index is 1.52. The zero-order chi connectivity index (χ0) is 22.2. The van der Waals surface area contributed by atoms with Crippen LogP contribution in [0.25, 0.3) is 11.4 Å². The number of alkyl halides is 3. The third-order valence-corrected chi connectivity index (χ3v) is 4.94. The van der Waals surface area contributed by atoms with E-state index in [1.807, 2.05) is 0 Å². The fourth-order valence-electron chi connectivity index (χ4n) is 3.30. The molecule has 0 aliphatic carbocycles. The summed E-state index contributed by atoms with van der Waals surface area (Å²) in [6, 6.07) is 9.07. The van der Waals surface area contributed by atoms with E-state index in [1.54, 1.807) is 0 Å². The van der Waals surface area contributed by atoms with Crippen LogP contribution in [0.1, 0.15) is 16.8 Å². The van der Waals surface area contributed by atoms with Crippen LogP contribution in [0.15, 0.2) is 53.3 Å². The lowest BCUT2D eigenvalue weighted by molar-refractivity contribution is -0.137. The molecule has 4 rings (SSSR count). The highest BCUT2D eigenvalue weighted by Gasteiger charge is 2.30. The second kappa shape index (κ2) is 7.86. The van der Waals surface area contributed by atoms with Gasteiger partial charge < -0.3 is 15.2 Å². The zero-order valence-electron chi connectivity index (χ0n) is 16.0. The van der Waals surface area contributed by atoms with E-state index in [1.165, 1.54) is 41.3 Å². The maximum absolute atomic E-state index is 13.2. The Morgan fingerprint density at radius 1 is 1.06 bits per heavy atom. The average Bonchev–Trinajstić information content (AvgIpc) is 2.73. The number of H-pyrrole nitrogens is 1. The van der Waals surface area contributed by atoms with E-state index in [4.69, 9.17) is 0 Å². The topological polar surface area (TPSA) is 78.1 Å². The highest BCUT2D eigenvalue weighted by molar-refractivity contribution is 5.89. The molecular weight excluding hydrogens is 416 g/mol. The summed E-state index contributed by atoms with van der Waals surface area (Å²) in [5, 5.41) is 2.55. The van der Waals surface area contributed by atoms with Gasteiger partial charge in [-0.05, 0) is 55.0 Å². The molecule has 31 heavy (non-hydrogen) atoms. The fourth-order valence-corrected chi connectivity index (χ4v) is 3.30. The van der Waals surface area contributed by atoms with E-state index >= 15 is 0 Å². The van der Waals surface area contributed by atoms with E-state index < -0.39 is 23.6 Å². The minimum absolute atomic E-state index is 0.0555. The Kier molecular flexibility index (Phi) is 5.22. The molecule has 1 aliphatic rings. The van der Waals surface area contributed by atoms with Crippen molar-refractivity contribution in [2.45, 2.75) is 19.1 Å². The maximum atomic E-state index is 13.2. The molecule has 6 nitrogen and oxygen atoms in total. The van der Waals surface area contributed by atoms with Crippen molar-refractivity contribution in [2.24, 2.45) is 0 Å². The molecule has 0 fully saturated rings. The van der Waals surface area contributed by atoms with Gasteiger partial charge in [-0.1, -0.05) is 0 Å². The number of amides is 2. The Morgan fingerprint density at radius 3 is 2.39 bits per heavy atom. The number of fused-ring (bicyclic) bond motifs is 1. The number of rotatable bonds is 2. The lowest BCUT2D eigenvalue weighted by Crippen LogP contribution is -2.41. The summed E-state index contributed by atoms with van der Waals surface area (Å²) in [4.78, 5) is 33.5. The number of aromatic amines is 1. The van der Waals surface area contributed by atoms with Crippen LogP contribution in [-0.2, 0) is 19.1 Å². The lowest BCUT2D eigenvalue weighted by Gasteiger charge is -2.28. The molecule has 0 atom stereocenters. The van der Waals surface area contributed by atoms with Gasteiger partial charge in [0.1, 0.15) is 11.6 Å². The van der Waals surface area contributed by atoms with Crippen LogP contribution in [0.3, 0.4) is 0 Å². The van der Waals surface area contributed by atoms with Gasteiger partial charge in [-0.25, -0.2) is 14.2 Å². The molecule has 1 aromatic heterocycles. The van der Waals surface area contributed by atoms with Crippen LogP contribution in [0.5, 0.6) is 0 Å². The summed E-state index contributed by atoms with van der Waals surface area (Å²) in [5.74, 6) is -0.163. The standard InChI is InChI=1S/C21H16F4N4O2/c22-14-5-1-12(2-6-14)18-27-17-11-29(10-9-16(17)19(30)28-18)20(31)26-15-7-3-13(4-8-15)21(23,24)25/h1-8H,9-11H2,(H,26,31)(H,27,28,30). The van der Waals surface area contributed by atoms with Gasteiger partial charge in [-0.3, -0.25) is 4.79 Å². The molecule has 0 saturated heterocycles. The molecule has 10 heteroatoms. The second-order valence-corrected chi connectivity index (χ2v) is 7.02. The predicted octanol–water partition coefficient (Wildman–Crippen LogP) is 4.19. The highest BCUT2D eigenvalue weighted by Crippen LogP contribution is 2.30. The Bertz CT molecular complexity index is 1170. The molecule has 2 N–H and O–H groups in total. The van der Waals surface area contributed by atoms with Gasteiger partial charge in [0.25, 0.3) is 5.56 Å². The van der Waals surface area contributed by atoms with E-state index in [9.17, 15) is 27.2 Å². The highest BCUT2D eigenvalue weighted by atomic mass is 19.4. The van der Waals surface area contributed by atoms with Crippen molar-refractivity contribution in [3.63, 3.8) is 0 Å². The van der Waals surface area contributed by atoms with Crippen LogP contribution >= 0.6 is 0 Å². The van der Waals surface area contributed by atoms with Crippen molar-refractivity contribution in [1.82, 2.24) is 14.9 Å². The van der Waals surface area contributed by atoms with Gasteiger partial charge in [0, 0.05) is 23.4 Å². The van der Waals surface area contributed by atoms with Gasteiger partial charge >= 0.3 is 12.2 Å². The molecule has 2 heterocycles. The SMILES string of the molecule is O=C(Nc1ccc(C(F)(F)F)cc1)N1CCc2c(nc(-c3ccc(F)cc3)[nH]c2=O)C1.